The highest BCUT2D eigenvalue weighted by Crippen LogP contribution is 2.28. The third kappa shape index (κ3) is 8.89. The quantitative estimate of drug-likeness (QED) is 0.145. The van der Waals surface area contributed by atoms with Gasteiger partial charge in [-0.3, -0.25) is 9.59 Å². The molecule has 0 aromatic heterocycles. The molecule has 1 rings (SSSR count). The summed E-state index contributed by atoms with van der Waals surface area (Å²) in [6.45, 7) is 3.96. The van der Waals surface area contributed by atoms with E-state index in [0.717, 1.165) is 25.7 Å². The standard InChI is InChI=1S/C26H42O4/c1-5-6-7-8-9-10-11-12-13-14-15-16-17-18-19-20-22-21(2)23(27)25(29-3)26(30-4)24(22)28/h12-13H,5-11,14-20H2,1-4H3. The van der Waals surface area contributed by atoms with Crippen LogP contribution in [0.1, 0.15) is 104 Å². The molecule has 0 heterocycles. The normalized spacial score (nSPS) is 14.9. The van der Waals surface area contributed by atoms with Crippen molar-refractivity contribution in [3.05, 3.63) is 34.8 Å². The first kappa shape index (κ1) is 26.2. The van der Waals surface area contributed by atoms with Gasteiger partial charge in [-0.15, -0.1) is 0 Å². The van der Waals surface area contributed by atoms with E-state index in [2.05, 4.69) is 19.1 Å². The van der Waals surface area contributed by atoms with Gasteiger partial charge in [0.25, 0.3) is 0 Å². The molecule has 30 heavy (non-hydrogen) atoms. The fraction of sp³-hybridized carbons (Fsp3) is 0.692. The van der Waals surface area contributed by atoms with E-state index in [0.29, 0.717) is 17.6 Å². The van der Waals surface area contributed by atoms with Gasteiger partial charge >= 0.3 is 0 Å². The van der Waals surface area contributed by atoms with Gasteiger partial charge in [-0.25, -0.2) is 0 Å². The van der Waals surface area contributed by atoms with Crippen molar-refractivity contribution in [2.75, 3.05) is 14.2 Å². The van der Waals surface area contributed by atoms with Gasteiger partial charge in [0.05, 0.1) is 14.2 Å². The van der Waals surface area contributed by atoms with E-state index in [4.69, 9.17) is 9.47 Å². The minimum absolute atomic E-state index is 0.0216. The number of carbonyl (C=O) groups is 2. The molecule has 0 radical (unpaired) electrons. The molecule has 1 aliphatic rings. The molecule has 0 spiro atoms. The zero-order valence-corrected chi connectivity index (χ0v) is 19.7. The van der Waals surface area contributed by atoms with Gasteiger partial charge < -0.3 is 9.47 Å². The molecule has 0 aromatic carbocycles. The molecule has 4 heteroatoms. The average molecular weight is 419 g/mol. The summed E-state index contributed by atoms with van der Waals surface area (Å²) in [7, 11) is 2.79. The predicted molar refractivity (Wildman–Crippen MR) is 123 cm³/mol. The zero-order valence-electron chi connectivity index (χ0n) is 19.7. The maximum absolute atomic E-state index is 12.6. The Bertz CT molecular complexity index is 625. The fourth-order valence-corrected chi connectivity index (χ4v) is 3.87. The average Bonchev–Trinajstić information content (AvgIpc) is 2.75. The van der Waals surface area contributed by atoms with Gasteiger partial charge in [-0.05, 0) is 45.4 Å². The Labute approximate surface area is 183 Å². The highest BCUT2D eigenvalue weighted by atomic mass is 16.5. The van der Waals surface area contributed by atoms with Crippen LogP contribution in [0.4, 0.5) is 0 Å². The summed E-state index contributed by atoms with van der Waals surface area (Å²) in [5.41, 5.74) is 1.07. The first-order valence-corrected chi connectivity index (χ1v) is 11.8. The molecular formula is C26H42O4. The Morgan fingerprint density at radius 2 is 1.13 bits per heavy atom. The highest BCUT2D eigenvalue weighted by molar-refractivity contribution is 6.23. The first-order chi connectivity index (χ1) is 14.6. The van der Waals surface area contributed by atoms with Gasteiger partial charge in [-0.1, -0.05) is 70.4 Å². The van der Waals surface area contributed by atoms with E-state index in [1.807, 2.05) is 0 Å². The van der Waals surface area contributed by atoms with Crippen molar-refractivity contribution >= 4 is 11.6 Å². The summed E-state index contributed by atoms with van der Waals surface area (Å²) in [5.74, 6) is -0.386. The number of hydrogen-bond acceptors (Lipinski definition) is 4. The van der Waals surface area contributed by atoms with Crippen LogP contribution in [-0.2, 0) is 19.1 Å². The number of hydrogen-bond donors (Lipinski definition) is 0. The van der Waals surface area contributed by atoms with Crippen LogP contribution in [0, 0.1) is 0 Å². The topological polar surface area (TPSA) is 52.6 Å². The third-order valence-corrected chi connectivity index (χ3v) is 5.78. The number of ketones is 2. The molecule has 4 nitrogen and oxygen atoms in total. The molecule has 170 valence electrons. The Balaban J connectivity index is 2.14. The highest BCUT2D eigenvalue weighted by Gasteiger charge is 2.34. The van der Waals surface area contributed by atoms with Crippen molar-refractivity contribution in [1.82, 2.24) is 0 Å². The smallest absolute Gasteiger partial charge is 0.228 e. The number of rotatable bonds is 17. The lowest BCUT2D eigenvalue weighted by Crippen LogP contribution is -2.25. The first-order valence-electron chi connectivity index (χ1n) is 11.8. The molecule has 0 saturated carbocycles. The van der Waals surface area contributed by atoms with Gasteiger partial charge in [0.15, 0.2) is 0 Å². The molecule has 0 N–H and O–H groups in total. The summed E-state index contributed by atoms with van der Waals surface area (Å²) < 4.78 is 10.2. The Kier molecular flexibility index (Phi) is 13.9. The van der Waals surface area contributed by atoms with Crippen molar-refractivity contribution < 1.29 is 19.1 Å². The third-order valence-electron chi connectivity index (χ3n) is 5.78. The number of carbonyl (C=O) groups excluding carboxylic acids is 2. The maximum Gasteiger partial charge on any atom is 0.228 e. The van der Waals surface area contributed by atoms with Gasteiger partial charge in [0.1, 0.15) is 0 Å². The van der Waals surface area contributed by atoms with E-state index < -0.39 is 0 Å². The monoisotopic (exact) mass is 418 g/mol. The minimum Gasteiger partial charge on any atom is -0.489 e. The number of ether oxygens (including phenoxy) is 2. The molecular weight excluding hydrogens is 376 g/mol. The van der Waals surface area contributed by atoms with Crippen LogP contribution < -0.4 is 0 Å². The fourth-order valence-electron chi connectivity index (χ4n) is 3.87. The Morgan fingerprint density at radius 1 is 0.667 bits per heavy atom. The van der Waals surface area contributed by atoms with Gasteiger partial charge in [-0.2, -0.15) is 0 Å². The number of Topliss-reactive ketones (excluding diaryl/α,β-unsaturated/α-hetero) is 2. The molecule has 0 saturated heterocycles. The second kappa shape index (κ2) is 15.9. The molecule has 0 bridgehead atoms. The lowest BCUT2D eigenvalue weighted by atomic mass is 9.89. The van der Waals surface area contributed by atoms with E-state index in [9.17, 15) is 9.59 Å². The second-order valence-electron chi connectivity index (χ2n) is 8.16. The summed E-state index contributed by atoms with van der Waals surface area (Å²) >= 11 is 0. The van der Waals surface area contributed by atoms with E-state index in [-0.39, 0.29) is 23.1 Å². The summed E-state index contributed by atoms with van der Waals surface area (Å²) in [4.78, 5) is 24.9. The van der Waals surface area contributed by atoms with Crippen LogP contribution in [0.15, 0.2) is 34.8 Å². The van der Waals surface area contributed by atoms with E-state index >= 15 is 0 Å². The summed E-state index contributed by atoms with van der Waals surface area (Å²) in [5, 5.41) is 0. The molecule has 0 fully saturated rings. The second-order valence-corrected chi connectivity index (χ2v) is 8.16. The number of methoxy groups -OCH3 is 2. The van der Waals surface area contributed by atoms with Crippen LogP contribution in [0.5, 0.6) is 0 Å². The van der Waals surface area contributed by atoms with Crippen molar-refractivity contribution in [2.24, 2.45) is 0 Å². The lowest BCUT2D eigenvalue weighted by Gasteiger charge is -2.20. The molecule has 0 aromatic rings. The number of unbranched alkanes of at least 4 members (excludes halogenated alkanes) is 11. The molecule has 0 amide bonds. The Hall–Kier alpha value is -1.84. The van der Waals surface area contributed by atoms with Crippen molar-refractivity contribution in [3.8, 4) is 0 Å². The van der Waals surface area contributed by atoms with Crippen LogP contribution in [0.2, 0.25) is 0 Å². The van der Waals surface area contributed by atoms with Crippen molar-refractivity contribution in [1.29, 1.82) is 0 Å². The molecule has 1 aliphatic carbocycles. The summed E-state index contributed by atoms with van der Waals surface area (Å²) in [6, 6.07) is 0. The SMILES string of the molecule is CCCCCCCCC=CCCCCCCCC1=C(C)C(=O)C(OC)=C(OC)C1=O. The summed E-state index contributed by atoms with van der Waals surface area (Å²) in [6.07, 6.45) is 21.4. The van der Waals surface area contributed by atoms with Crippen LogP contribution in [-0.4, -0.2) is 25.8 Å². The van der Waals surface area contributed by atoms with Crippen molar-refractivity contribution in [3.63, 3.8) is 0 Å². The Morgan fingerprint density at radius 3 is 1.67 bits per heavy atom. The van der Waals surface area contributed by atoms with Crippen LogP contribution in [0.3, 0.4) is 0 Å². The van der Waals surface area contributed by atoms with Crippen LogP contribution >= 0.6 is 0 Å². The zero-order chi connectivity index (χ0) is 22.2. The van der Waals surface area contributed by atoms with Gasteiger partial charge in [0.2, 0.25) is 23.1 Å². The molecule has 0 atom stereocenters. The predicted octanol–water partition coefficient (Wildman–Crippen LogP) is 7.00. The molecule has 0 aliphatic heterocycles. The van der Waals surface area contributed by atoms with Crippen LogP contribution in [0.25, 0.3) is 0 Å². The maximum atomic E-state index is 12.6. The van der Waals surface area contributed by atoms with E-state index in [1.165, 1.54) is 72.0 Å². The largest absolute Gasteiger partial charge is 0.489 e. The van der Waals surface area contributed by atoms with Crippen molar-refractivity contribution in [2.45, 2.75) is 104 Å². The number of allylic oxidation sites excluding steroid dienone is 4. The molecule has 0 unspecified atom stereocenters. The lowest BCUT2D eigenvalue weighted by molar-refractivity contribution is -0.121. The van der Waals surface area contributed by atoms with E-state index in [1.54, 1.807) is 6.92 Å². The van der Waals surface area contributed by atoms with Gasteiger partial charge in [0, 0.05) is 11.1 Å². The minimum atomic E-state index is -0.239.